The molecule has 1 aromatic carbocycles. The van der Waals surface area contributed by atoms with E-state index in [1.165, 1.54) is 25.1 Å². The Kier molecular flexibility index (Phi) is 6.25. The van der Waals surface area contributed by atoms with Crippen molar-refractivity contribution in [2.24, 2.45) is 0 Å². The van der Waals surface area contributed by atoms with Gasteiger partial charge in [0.2, 0.25) is 21.8 Å². The summed E-state index contributed by atoms with van der Waals surface area (Å²) < 4.78 is 31.8. The normalized spacial score (nSPS) is 18.5. The fraction of sp³-hybridized carbons (Fsp3) is 0.455. The first-order chi connectivity index (χ1) is 15.3. The van der Waals surface area contributed by atoms with Crippen LogP contribution in [0.25, 0.3) is 0 Å². The lowest BCUT2D eigenvalue weighted by molar-refractivity contribution is -0.125. The number of furan rings is 1. The summed E-state index contributed by atoms with van der Waals surface area (Å²) in [6.07, 6.45) is 4.75. The number of benzene rings is 1. The molecule has 1 saturated heterocycles. The molecule has 0 spiro atoms. The summed E-state index contributed by atoms with van der Waals surface area (Å²) in [5, 5.41) is 2.82. The smallest absolute Gasteiger partial charge is 0.250 e. The molecule has 0 bridgehead atoms. The fourth-order valence-electron chi connectivity index (χ4n) is 4.25. The van der Waals surface area contributed by atoms with Crippen LogP contribution in [0.2, 0.25) is 0 Å². The molecule has 0 radical (unpaired) electrons. The predicted molar refractivity (Wildman–Crippen MR) is 120 cm³/mol. The van der Waals surface area contributed by atoms with E-state index < -0.39 is 10.0 Å². The van der Waals surface area contributed by atoms with E-state index >= 15 is 0 Å². The van der Waals surface area contributed by atoms with Crippen LogP contribution in [-0.2, 0) is 26.0 Å². The van der Waals surface area contributed by atoms with E-state index in [0.717, 1.165) is 35.1 Å². The molecule has 2 amide bonds. The van der Waals surface area contributed by atoms with Crippen molar-refractivity contribution in [1.29, 1.82) is 0 Å². The standard InChI is InChI=1S/C22H28N4O5S/c1-24(2)32(29,30)17-8-9-18-20(14-17)26(22(28)19-7-3-4-12-25(18)19)15-21(27)23-11-10-16-6-5-13-31-16/h5-6,8-9,13-14,19H,3-4,7,10-12,15H2,1-2H3,(H,23,27). The molecule has 0 aliphatic carbocycles. The topological polar surface area (TPSA) is 103 Å². The van der Waals surface area contributed by atoms with Gasteiger partial charge in [-0.3, -0.25) is 14.5 Å². The lowest BCUT2D eigenvalue weighted by atomic mass is 9.96. The minimum Gasteiger partial charge on any atom is -0.469 e. The van der Waals surface area contributed by atoms with Crippen molar-refractivity contribution in [2.45, 2.75) is 36.6 Å². The van der Waals surface area contributed by atoms with Crippen LogP contribution in [-0.4, -0.2) is 64.3 Å². The Hall–Kier alpha value is -2.85. The number of nitrogens with zero attached hydrogens (tertiary/aromatic N) is 3. The molecule has 10 heteroatoms. The Morgan fingerprint density at radius 1 is 1.22 bits per heavy atom. The van der Waals surface area contributed by atoms with Crippen molar-refractivity contribution >= 4 is 33.2 Å². The second-order valence-electron chi connectivity index (χ2n) is 8.25. The van der Waals surface area contributed by atoms with E-state index in [4.69, 9.17) is 4.42 Å². The molecule has 1 aromatic heterocycles. The molecular formula is C22H28N4O5S. The minimum absolute atomic E-state index is 0.0905. The van der Waals surface area contributed by atoms with E-state index in [9.17, 15) is 18.0 Å². The molecule has 32 heavy (non-hydrogen) atoms. The molecule has 1 fully saturated rings. The SMILES string of the molecule is CN(C)S(=O)(=O)c1ccc2c(c1)N(CC(=O)NCCc1ccco1)C(=O)C1CCCCN21. The van der Waals surface area contributed by atoms with Crippen LogP contribution in [0, 0.1) is 0 Å². The third-order valence-electron chi connectivity index (χ3n) is 5.95. The number of carbonyl (C=O) groups is 2. The summed E-state index contributed by atoms with van der Waals surface area (Å²) in [4.78, 5) is 29.6. The third-order valence-corrected chi connectivity index (χ3v) is 7.77. The number of carbonyl (C=O) groups excluding carboxylic acids is 2. The van der Waals surface area contributed by atoms with Gasteiger partial charge in [0, 0.05) is 33.6 Å². The van der Waals surface area contributed by atoms with Crippen LogP contribution < -0.4 is 15.1 Å². The summed E-state index contributed by atoms with van der Waals surface area (Å²) in [5.74, 6) is 0.292. The molecule has 0 saturated carbocycles. The van der Waals surface area contributed by atoms with Crippen molar-refractivity contribution < 1.29 is 22.4 Å². The second-order valence-corrected chi connectivity index (χ2v) is 10.4. The van der Waals surface area contributed by atoms with Crippen LogP contribution in [0.15, 0.2) is 45.9 Å². The van der Waals surface area contributed by atoms with Crippen LogP contribution in [0.4, 0.5) is 11.4 Å². The number of sulfonamides is 1. The van der Waals surface area contributed by atoms with Crippen molar-refractivity contribution in [2.75, 3.05) is 43.5 Å². The predicted octanol–water partition coefficient (Wildman–Crippen LogP) is 1.59. The Balaban J connectivity index is 1.60. The number of fused-ring (bicyclic) bond motifs is 3. The first-order valence-corrected chi connectivity index (χ1v) is 12.2. The molecule has 1 atom stereocenters. The quantitative estimate of drug-likeness (QED) is 0.673. The molecule has 2 aliphatic rings. The van der Waals surface area contributed by atoms with Crippen LogP contribution in [0.5, 0.6) is 0 Å². The first-order valence-electron chi connectivity index (χ1n) is 10.7. The Labute approximate surface area is 188 Å². The average Bonchev–Trinajstić information content (AvgIpc) is 3.29. The van der Waals surface area contributed by atoms with Gasteiger partial charge in [-0.15, -0.1) is 0 Å². The van der Waals surface area contributed by atoms with E-state index in [1.807, 2.05) is 11.0 Å². The van der Waals surface area contributed by atoms with E-state index in [2.05, 4.69) is 5.32 Å². The number of amides is 2. The Bertz CT molecular complexity index is 1100. The van der Waals surface area contributed by atoms with Gasteiger partial charge in [-0.05, 0) is 49.6 Å². The molecule has 1 N–H and O–H groups in total. The molecule has 172 valence electrons. The highest BCUT2D eigenvalue weighted by Gasteiger charge is 2.40. The zero-order chi connectivity index (χ0) is 22.9. The van der Waals surface area contributed by atoms with Gasteiger partial charge >= 0.3 is 0 Å². The highest BCUT2D eigenvalue weighted by atomic mass is 32.2. The van der Waals surface area contributed by atoms with E-state index in [-0.39, 0.29) is 29.3 Å². The van der Waals surface area contributed by atoms with E-state index in [1.54, 1.807) is 24.5 Å². The highest BCUT2D eigenvalue weighted by molar-refractivity contribution is 7.89. The maximum atomic E-state index is 13.3. The van der Waals surface area contributed by atoms with Gasteiger partial charge in [0.05, 0.1) is 22.5 Å². The number of rotatable bonds is 7. The van der Waals surface area contributed by atoms with Gasteiger partial charge in [-0.1, -0.05) is 0 Å². The van der Waals surface area contributed by atoms with Gasteiger partial charge < -0.3 is 14.6 Å². The molecule has 9 nitrogen and oxygen atoms in total. The Morgan fingerprint density at radius 3 is 2.75 bits per heavy atom. The van der Waals surface area contributed by atoms with Crippen molar-refractivity contribution in [3.63, 3.8) is 0 Å². The first kappa shape index (κ1) is 22.3. The minimum atomic E-state index is -3.68. The lowest BCUT2D eigenvalue weighted by Crippen LogP contribution is -2.57. The van der Waals surface area contributed by atoms with Crippen molar-refractivity contribution in [3.05, 3.63) is 42.4 Å². The number of hydrogen-bond donors (Lipinski definition) is 1. The average molecular weight is 461 g/mol. The molecule has 2 aliphatic heterocycles. The fourth-order valence-corrected chi connectivity index (χ4v) is 5.17. The summed E-state index contributed by atoms with van der Waals surface area (Å²) in [6, 6.07) is 8.11. The highest BCUT2D eigenvalue weighted by Crippen LogP contribution is 2.40. The summed E-state index contributed by atoms with van der Waals surface area (Å²) in [7, 11) is -0.756. The lowest BCUT2D eigenvalue weighted by Gasteiger charge is -2.45. The summed E-state index contributed by atoms with van der Waals surface area (Å²) in [6.45, 7) is 0.942. The van der Waals surface area contributed by atoms with Gasteiger partial charge in [0.15, 0.2) is 0 Å². The number of piperidine rings is 1. The zero-order valence-electron chi connectivity index (χ0n) is 18.3. The molecular weight excluding hydrogens is 432 g/mol. The summed E-state index contributed by atoms with van der Waals surface area (Å²) >= 11 is 0. The Morgan fingerprint density at radius 2 is 2.03 bits per heavy atom. The number of nitrogens with one attached hydrogen (secondary N) is 1. The number of hydrogen-bond acceptors (Lipinski definition) is 6. The van der Waals surface area contributed by atoms with Crippen LogP contribution in [0.3, 0.4) is 0 Å². The van der Waals surface area contributed by atoms with Gasteiger partial charge in [0.25, 0.3) is 0 Å². The summed E-state index contributed by atoms with van der Waals surface area (Å²) in [5.41, 5.74) is 1.24. The van der Waals surface area contributed by atoms with Crippen molar-refractivity contribution in [1.82, 2.24) is 9.62 Å². The van der Waals surface area contributed by atoms with Crippen molar-refractivity contribution in [3.8, 4) is 0 Å². The van der Waals surface area contributed by atoms with Crippen LogP contribution >= 0.6 is 0 Å². The van der Waals surface area contributed by atoms with Crippen LogP contribution in [0.1, 0.15) is 25.0 Å². The van der Waals surface area contributed by atoms with Gasteiger partial charge in [-0.2, -0.15) is 0 Å². The molecule has 2 aromatic rings. The monoisotopic (exact) mass is 460 g/mol. The molecule has 3 heterocycles. The second kappa shape index (κ2) is 8.95. The number of anilines is 2. The van der Waals surface area contributed by atoms with Gasteiger partial charge in [0.1, 0.15) is 18.3 Å². The zero-order valence-corrected chi connectivity index (χ0v) is 19.1. The molecule has 1 unspecified atom stereocenters. The van der Waals surface area contributed by atoms with Gasteiger partial charge in [-0.25, -0.2) is 12.7 Å². The maximum Gasteiger partial charge on any atom is 0.250 e. The van der Waals surface area contributed by atoms with E-state index in [0.29, 0.717) is 25.1 Å². The largest absolute Gasteiger partial charge is 0.469 e. The maximum absolute atomic E-state index is 13.3. The third kappa shape index (κ3) is 4.24. The molecule has 4 rings (SSSR count).